The molecule has 4 N–H and O–H groups in total. The fraction of sp³-hybridized carbons (Fsp3) is 0.444. The molecule has 0 fully saturated rings. The average molecular weight is 631 g/mol. The van der Waals surface area contributed by atoms with Crippen LogP contribution in [0.3, 0.4) is 0 Å². The summed E-state index contributed by atoms with van der Waals surface area (Å²) in [4.78, 5) is 39.8. The van der Waals surface area contributed by atoms with Crippen LogP contribution < -0.4 is 10.6 Å². The van der Waals surface area contributed by atoms with Gasteiger partial charge in [-0.1, -0.05) is 82.6 Å². The van der Waals surface area contributed by atoms with E-state index in [0.29, 0.717) is 11.6 Å². The molecule has 2 amide bonds. The highest BCUT2D eigenvalue weighted by Gasteiger charge is 2.25. The van der Waals surface area contributed by atoms with E-state index in [4.69, 9.17) is 9.47 Å². The van der Waals surface area contributed by atoms with Gasteiger partial charge in [0.2, 0.25) is 0 Å². The van der Waals surface area contributed by atoms with Crippen molar-refractivity contribution in [1.29, 1.82) is 0 Å². The van der Waals surface area contributed by atoms with Crippen LogP contribution in [-0.2, 0) is 16.0 Å². The highest BCUT2D eigenvalue weighted by molar-refractivity contribution is 5.72. The van der Waals surface area contributed by atoms with E-state index in [0.717, 1.165) is 33.6 Å². The van der Waals surface area contributed by atoms with Gasteiger partial charge < -0.3 is 30.1 Å². The zero-order valence-electron chi connectivity index (χ0n) is 28.9. The zero-order valence-corrected chi connectivity index (χ0v) is 28.9. The molecule has 10 nitrogen and oxygen atoms in total. The lowest BCUT2D eigenvalue weighted by Crippen LogP contribution is -2.37. The first kappa shape index (κ1) is 35.9. The van der Waals surface area contributed by atoms with Crippen LogP contribution in [0.5, 0.6) is 0 Å². The summed E-state index contributed by atoms with van der Waals surface area (Å²) in [6.45, 7) is 19.5. The molecular weight excluding hydrogens is 580 g/mol. The highest BCUT2D eigenvalue weighted by atomic mass is 16.6. The number of carbonyl (C=O) groups is 2. The minimum atomic E-state index is -0.577. The van der Waals surface area contributed by atoms with Gasteiger partial charge in [-0.05, 0) is 69.7 Å². The third-order valence-corrected chi connectivity index (χ3v) is 6.38. The summed E-state index contributed by atoms with van der Waals surface area (Å²) in [7, 11) is 0. The number of imidazole rings is 2. The van der Waals surface area contributed by atoms with Crippen LogP contribution in [0.1, 0.15) is 93.3 Å². The van der Waals surface area contributed by atoms with Crippen molar-refractivity contribution in [3.8, 4) is 33.6 Å². The van der Waals surface area contributed by atoms with Gasteiger partial charge in [0.05, 0.1) is 36.4 Å². The van der Waals surface area contributed by atoms with Gasteiger partial charge in [0.1, 0.15) is 22.9 Å². The average Bonchev–Trinajstić information content (AvgIpc) is 3.64. The third-order valence-electron chi connectivity index (χ3n) is 6.38. The van der Waals surface area contributed by atoms with Crippen LogP contribution in [0.4, 0.5) is 9.59 Å². The molecule has 2 aromatic carbocycles. The molecule has 0 aliphatic rings. The van der Waals surface area contributed by atoms with Gasteiger partial charge in [0, 0.05) is 0 Å². The number of hydrogen-bond acceptors (Lipinski definition) is 6. The number of alkyl carbamates (subject to hydrolysis) is 2. The number of rotatable bonds is 8. The molecule has 2 heterocycles. The number of nitrogens with one attached hydrogen (secondary N) is 4. The molecule has 0 spiro atoms. The molecule has 0 aliphatic carbocycles. The van der Waals surface area contributed by atoms with E-state index in [9.17, 15) is 9.59 Å². The Morgan fingerprint density at radius 2 is 1.15 bits per heavy atom. The normalized spacial score (nSPS) is 12.2. The van der Waals surface area contributed by atoms with E-state index in [-0.39, 0.29) is 18.5 Å². The molecule has 4 rings (SSSR count). The van der Waals surface area contributed by atoms with Gasteiger partial charge in [-0.3, -0.25) is 0 Å². The largest absolute Gasteiger partial charge is 0.444 e. The molecule has 0 radical (unpaired) electrons. The Bertz CT molecular complexity index is 1540. The van der Waals surface area contributed by atoms with Crippen LogP contribution in [0.15, 0.2) is 60.9 Å². The van der Waals surface area contributed by atoms with Crippen LogP contribution >= 0.6 is 0 Å². The second-order valence-corrected chi connectivity index (χ2v) is 13.5. The van der Waals surface area contributed by atoms with Gasteiger partial charge in [0.15, 0.2) is 0 Å². The van der Waals surface area contributed by atoms with Crippen LogP contribution in [-0.4, -0.2) is 43.3 Å². The Balaban J connectivity index is 0.00000185. The summed E-state index contributed by atoms with van der Waals surface area (Å²) in [5.74, 6) is 1.43. The Kier molecular flexibility index (Phi) is 12.2. The van der Waals surface area contributed by atoms with Crippen molar-refractivity contribution in [3.63, 3.8) is 0 Å². The van der Waals surface area contributed by atoms with E-state index >= 15 is 0 Å². The maximum atomic E-state index is 12.4. The molecule has 0 aliphatic heterocycles. The van der Waals surface area contributed by atoms with Gasteiger partial charge in [0.25, 0.3) is 0 Å². The van der Waals surface area contributed by atoms with Crippen LogP contribution in [0, 0.1) is 5.92 Å². The van der Waals surface area contributed by atoms with E-state index < -0.39 is 23.4 Å². The molecule has 46 heavy (non-hydrogen) atoms. The molecule has 1 unspecified atom stereocenters. The number of amides is 2. The van der Waals surface area contributed by atoms with Gasteiger partial charge in [-0.2, -0.15) is 0 Å². The lowest BCUT2D eigenvalue weighted by atomic mass is 10.0. The summed E-state index contributed by atoms with van der Waals surface area (Å²) in [5, 5.41) is 5.65. The van der Waals surface area contributed by atoms with E-state index in [1.165, 1.54) is 6.42 Å². The second-order valence-electron chi connectivity index (χ2n) is 13.5. The Morgan fingerprint density at radius 1 is 0.717 bits per heavy atom. The smallest absolute Gasteiger partial charge is 0.408 e. The SMILES string of the molecule is CC(C)C(NC(=O)OC(C)(C)C)c1ncc(-c2ccc(-c3ccc(-c4cnc(CNC(=O)OC(C)(C)C)[nH]4)cc3)cc2)[nH]1.CCC. The minimum absolute atomic E-state index is 0.110. The number of nitrogens with zero attached hydrogens (tertiary/aromatic N) is 2. The Labute approximate surface area is 273 Å². The van der Waals surface area contributed by atoms with Crippen LogP contribution in [0.2, 0.25) is 0 Å². The second kappa shape index (κ2) is 15.6. The third kappa shape index (κ3) is 11.1. The number of aromatic nitrogens is 4. The monoisotopic (exact) mass is 630 g/mol. The molecule has 10 heteroatoms. The number of hydrogen-bond donors (Lipinski definition) is 4. The van der Waals surface area contributed by atoms with Crippen molar-refractivity contribution >= 4 is 12.2 Å². The molecule has 0 bridgehead atoms. The maximum Gasteiger partial charge on any atom is 0.408 e. The quantitative estimate of drug-likeness (QED) is 0.154. The molecule has 1 atom stereocenters. The topological polar surface area (TPSA) is 134 Å². The molecule has 2 aromatic heterocycles. The number of ether oxygens (including phenoxy) is 2. The van der Waals surface area contributed by atoms with Crippen LogP contribution in [0.25, 0.3) is 33.6 Å². The number of carbonyl (C=O) groups excluding carboxylic acids is 2. The zero-order chi connectivity index (χ0) is 34.1. The molecule has 0 saturated heterocycles. The first-order valence-electron chi connectivity index (χ1n) is 15.8. The molecule has 4 aromatic rings. The lowest BCUT2D eigenvalue weighted by molar-refractivity contribution is 0.0483. The van der Waals surface area contributed by atoms with Gasteiger partial charge in [-0.15, -0.1) is 0 Å². The minimum Gasteiger partial charge on any atom is -0.444 e. The van der Waals surface area contributed by atoms with Crippen molar-refractivity contribution in [2.24, 2.45) is 5.92 Å². The lowest BCUT2D eigenvalue weighted by Gasteiger charge is -2.24. The van der Waals surface area contributed by atoms with E-state index in [2.05, 4.69) is 68.7 Å². The highest BCUT2D eigenvalue weighted by Crippen LogP contribution is 2.28. The van der Waals surface area contributed by atoms with Crippen molar-refractivity contribution in [2.45, 2.75) is 99.4 Å². The summed E-state index contributed by atoms with van der Waals surface area (Å²) < 4.78 is 10.7. The van der Waals surface area contributed by atoms with Gasteiger partial charge in [-0.25, -0.2) is 19.6 Å². The molecule has 248 valence electrons. The van der Waals surface area contributed by atoms with Crippen molar-refractivity contribution in [1.82, 2.24) is 30.6 Å². The summed E-state index contributed by atoms with van der Waals surface area (Å²) in [6.07, 6.45) is 3.83. The van der Waals surface area contributed by atoms with E-state index in [1.807, 2.05) is 79.7 Å². The number of H-pyrrole nitrogens is 2. The standard InChI is InChI=1S/C33H42N6O4.C3H8/c1-20(2)28(39-31(41)43-33(6,7)8)29-35-18-26(38-29)24-15-11-22(12-16-24)21-9-13-23(14-10-21)25-17-34-27(37-25)19-36-30(40)42-32(3,4)5;1-3-2/h9-18,20,28H,19H2,1-8H3,(H,34,37)(H,35,38)(H,36,40)(H,39,41);3H2,1-2H3. The van der Waals surface area contributed by atoms with Crippen molar-refractivity contribution in [3.05, 3.63) is 72.6 Å². The predicted molar refractivity (Wildman–Crippen MR) is 183 cm³/mol. The first-order valence-corrected chi connectivity index (χ1v) is 15.8. The fourth-order valence-corrected chi connectivity index (χ4v) is 4.38. The number of aromatic amines is 2. The van der Waals surface area contributed by atoms with E-state index in [1.54, 1.807) is 12.4 Å². The first-order chi connectivity index (χ1) is 21.6. The van der Waals surface area contributed by atoms with Gasteiger partial charge >= 0.3 is 12.2 Å². The fourth-order valence-electron chi connectivity index (χ4n) is 4.38. The Hall–Kier alpha value is -4.60. The summed E-state index contributed by atoms with van der Waals surface area (Å²) in [6, 6.07) is 16.1. The Morgan fingerprint density at radius 3 is 1.63 bits per heavy atom. The number of benzene rings is 2. The maximum absolute atomic E-state index is 12.4. The predicted octanol–water partition coefficient (Wildman–Crippen LogP) is 8.80. The summed E-state index contributed by atoms with van der Waals surface area (Å²) >= 11 is 0. The molecule has 0 saturated carbocycles. The molecular formula is C36H50N6O4. The van der Waals surface area contributed by atoms with Crippen molar-refractivity contribution < 1.29 is 19.1 Å². The summed E-state index contributed by atoms with van der Waals surface area (Å²) in [5.41, 5.74) is 4.73. The van der Waals surface area contributed by atoms with Crippen molar-refractivity contribution in [2.75, 3.05) is 0 Å².